The molecule has 2 aliphatic rings. The highest BCUT2D eigenvalue weighted by Crippen LogP contribution is 2.30. The number of nitrogens with zero attached hydrogens (tertiary/aromatic N) is 1. The first kappa shape index (κ1) is 25.3. The standard InChI is InChI=1S/C27H33N3O6/c1-2-35-23-11-7-21(8-12-23)28-26(33)29-22-6-5-20-17-30(14-13-19(20)16-22)27(34)36-24-9-3-18(4-10-24)15-25(31)32/h5-8,11-12,16,18,24H,2-4,9-10,13-15,17H2,1H3,(H,31,32)(H2,28,29,33)/t18-,24-. The Labute approximate surface area is 210 Å². The van der Waals surface area contributed by atoms with E-state index in [9.17, 15) is 14.4 Å². The zero-order chi connectivity index (χ0) is 25.5. The summed E-state index contributed by atoms with van der Waals surface area (Å²) < 4.78 is 11.1. The fourth-order valence-corrected chi connectivity index (χ4v) is 4.80. The number of carboxylic acids is 1. The van der Waals surface area contributed by atoms with Crippen LogP contribution in [0.2, 0.25) is 0 Å². The van der Waals surface area contributed by atoms with Gasteiger partial charge in [0, 0.05) is 30.9 Å². The predicted molar refractivity (Wildman–Crippen MR) is 135 cm³/mol. The van der Waals surface area contributed by atoms with Crippen LogP contribution in [0.3, 0.4) is 0 Å². The first-order valence-corrected chi connectivity index (χ1v) is 12.5. The molecule has 36 heavy (non-hydrogen) atoms. The maximum atomic E-state index is 12.7. The van der Waals surface area contributed by atoms with E-state index in [1.54, 1.807) is 29.2 Å². The van der Waals surface area contributed by atoms with Crippen LogP contribution in [0.1, 0.15) is 50.2 Å². The molecule has 2 aromatic carbocycles. The molecule has 4 rings (SSSR count). The molecule has 1 saturated carbocycles. The van der Waals surface area contributed by atoms with Crippen molar-refractivity contribution in [1.82, 2.24) is 4.90 Å². The molecule has 9 heteroatoms. The third-order valence-electron chi connectivity index (χ3n) is 6.68. The Morgan fingerprint density at radius 2 is 1.67 bits per heavy atom. The molecule has 3 N–H and O–H groups in total. The molecular formula is C27H33N3O6. The second-order valence-corrected chi connectivity index (χ2v) is 9.32. The Morgan fingerprint density at radius 3 is 2.36 bits per heavy atom. The number of rotatable bonds is 7. The third-order valence-corrected chi connectivity index (χ3v) is 6.68. The van der Waals surface area contributed by atoms with Gasteiger partial charge in [-0.25, -0.2) is 9.59 Å². The first-order valence-electron chi connectivity index (χ1n) is 12.5. The largest absolute Gasteiger partial charge is 0.494 e. The van der Waals surface area contributed by atoms with E-state index < -0.39 is 5.97 Å². The van der Waals surface area contributed by atoms with Crippen LogP contribution in [0.25, 0.3) is 0 Å². The molecule has 1 fully saturated rings. The van der Waals surface area contributed by atoms with Crippen molar-refractivity contribution in [3.8, 4) is 5.75 Å². The predicted octanol–water partition coefficient (Wildman–Crippen LogP) is 5.26. The highest BCUT2D eigenvalue weighted by atomic mass is 16.6. The van der Waals surface area contributed by atoms with Gasteiger partial charge in [0.05, 0.1) is 6.61 Å². The molecule has 1 aliphatic carbocycles. The first-order chi connectivity index (χ1) is 17.4. The Hall–Kier alpha value is -3.75. The number of carboxylic acid groups (broad SMARTS) is 1. The van der Waals surface area contributed by atoms with Crippen LogP contribution in [-0.2, 0) is 22.5 Å². The van der Waals surface area contributed by atoms with Gasteiger partial charge in [-0.15, -0.1) is 0 Å². The summed E-state index contributed by atoms with van der Waals surface area (Å²) >= 11 is 0. The molecule has 0 bridgehead atoms. The number of ether oxygens (including phenoxy) is 2. The number of anilines is 2. The molecule has 2 aromatic rings. The summed E-state index contributed by atoms with van der Waals surface area (Å²) in [6.45, 7) is 3.51. The lowest BCUT2D eigenvalue weighted by Gasteiger charge is -2.32. The van der Waals surface area contributed by atoms with Crippen LogP contribution >= 0.6 is 0 Å². The second-order valence-electron chi connectivity index (χ2n) is 9.32. The van der Waals surface area contributed by atoms with E-state index in [-0.39, 0.29) is 30.6 Å². The van der Waals surface area contributed by atoms with Gasteiger partial charge in [-0.3, -0.25) is 4.79 Å². The van der Waals surface area contributed by atoms with Gasteiger partial charge in [0.25, 0.3) is 0 Å². The van der Waals surface area contributed by atoms with Crippen molar-refractivity contribution >= 4 is 29.5 Å². The fraction of sp³-hybridized carbons (Fsp3) is 0.444. The molecule has 0 atom stereocenters. The average Bonchev–Trinajstić information content (AvgIpc) is 2.86. The van der Waals surface area contributed by atoms with Crippen LogP contribution in [0.15, 0.2) is 42.5 Å². The Morgan fingerprint density at radius 1 is 0.972 bits per heavy atom. The number of nitrogens with one attached hydrogen (secondary N) is 2. The summed E-state index contributed by atoms with van der Waals surface area (Å²) in [5.41, 5.74) is 3.47. The van der Waals surface area contributed by atoms with Gasteiger partial charge in [-0.05, 0) is 92.5 Å². The van der Waals surface area contributed by atoms with Gasteiger partial charge < -0.3 is 30.1 Å². The molecule has 1 aliphatic heterocycles. The number of aliphatic carboxylic acids is 1. The lowest BCUT2D eigenvalue weighted by Crippen LogP contribution is -2.39. The van der Waals surface area contributed by atoms with Gasteiger partial charge in [0.15, 0.2) is 0 Å². The molecule has 192 valence electrons. The van der Waals surface area contributed by atoms with E-state index in [0.717, 1.165) is 29.7 Å². The SMILES string of the molecule is CCOc1ccc(NC(=O)Nc2ccc3c(c2)CCN(C(=O)O[C@H]2CC[C@H](CC(=O)O)CC2)C3)cc1. The van der Waals surface area contributed by atoms with E-state index in [1.165, 1.54) is 0 Å². The zero-order valence-corrected chi connectivity index (χ0v) is 20.5. The number of carbonyl (C=O) groups is 3. The summed E-state index contributed by atoms with van der Waals surface area (Å²) in [5.74, 6) is 0.151. The van der Waals surface area contributed by atoms with Crippen molar-refractivity contribution in [2.75, 3.05) is 23.8 Å². The van der Waals surface area contributed by atoms with E-state index in [1.807, 2.05) is 25.1 Å². The number of hydrogen-bond acceptors (Lipinski definition) is 5. The summed E-state index contributed by atoms with van der Waals surface area (Å²) in [4.78, 5) is 37.7. The van der Waals surface area contributed by atoms with Crippen LogP contribution in [0.4, 0.5) is 21.0 Å². The average molecular weight is 496 g/mol. The smallest absolute Gasteiger partial charge is 0.410 e. The van der Waals surface area contributed by atoms with Gasteiger partial charge in [-0.1, -0.05) is 6.07 Å². The fourth-order valence-electron chi connectivity index (χ4n) is 4.80. The molecule has 0 saturated heterocycles. The zero-order valence-electron chi connectivity index (χ0n) is 20.5. The number of benzene rings is 2. The van der Waals surface area contributed by atoms with Crippen molar-refractivity contribution in [3.05, 3.63) is 53.6 Å². The molecular weight excluding hydrogens is 462 g/mol. The molecule has 0 radical (unpaired) electrons. The summed E-state index contributed by atoms with van der Waals surface area (Å²) in [7, 11) is 0. The van der Waals surface area contributed by atoms with E-state index in [2.05, 4.69) is 10.6 Å². The summed E-state index contributed by atoms with van der Waals surface area (Å²) in [6, 6.07) is 12.5. The van der Waals surface area contributed by atoms with Gasteiger partial charge >= 0.3 is 18.1 Å². The van der Waals surface area contributed by atoms with Gasteiger partial charge in [-0.2, -0.15) is 0 Å². The minimum absolute atomic E-state index is 0.149. The maximum Gasteiger partial charge on any atom is 0.410 e. The Kier molecular flexibility index (Phi) is 8.30. The third kappa shape index (κ3) is 6.90. The molecule has 1 heterocycles. The Bertz CT molecular complexity index is 1080. The van der Waals surface area contributed by atoms with Crippen LogP contribution < -0.4 is 15.4 Å². The van der Waals surface area contributed by atoms with Gasteiger partial charge in [0.1, 0.15) is 11.9 Å². The van der Waals surface area contributed by atoms with Crippen molar-refractivity contribution < 1.29 is 29.0 Å². The monoisotopic (exact) mass is 495 g/mol. The lowest BCUT2D eigenvalue weighted by atomic mass is 9.85. The normalized spacial score (nSPS) is 19.1. The lowest BCUT2D eigenvalue weighted by molar-refractivity contribution is -0.138. The quantitative estimate of drug-likeness (QED) is 0.483. The topological polar surface area (TPSA) is 117 Å². The van der Waals surface area contributed by atoms with E-state index in [0.29, 0.717) is 50.3 Å². The molecule has 0 spiro atoms. The van der Waals surface area contributed by atoms with Crippen LogP contribution in [-0.4, -0.2) is 47.4 Å². The van der Waals surface area contributed by atoms with Crippen molar-refractivity contribution in [2.45, 2.75) is 58.1 Å². The summed E-state index contributed by atoms with van der Waals surface area (Å²) in [5, 5.41) is 14.6. The Balaban J connectivity index is 1.25. The highest BCUT2D eigenvalue weighted by molar-refractivity contribution is 5.99. The second kappa shape index (κ2) is 11.8. The number of carbonyl (C=O) groups excluding carboxylic acids is 2. The van der Waals surface area contributed by atoms with Gasteiger partial charge in [0.2, 0.25) is 0 Å². The van der Waals surface area contributed by atoms with E-state index >= 15 is 0 Å². The van der Waals surface area contributed by atoms with Crippen molar-refractivity contribution in [3.63, 3.8) is 0 Å². The van der Waals surface area contributed by atoms with Crippen molar-refractivity contribution in [2.24, 2.45) is 5.92 Å². The van der Waals surface area contributed by atoms with E-state index in [4.69, 9.17) is 14.6 Å². The number of fused-ring (bicyclic) bond motifs is 1. The molecule has 0 unspecified atom stereocenters. The maximum absolute atomic E-state index is 12.7. The van der Waals surface area contributed by atoms with Crippen LogP contribution in [0.5, 0.6) is 5.75 Å². The van der Waals surface area contributed by atoms with Crippen LogP contribution in [0, 0.1) is 5.92 Å². The number of amides is 3. The van der Waals surface area contributed by atoms with Crippen molar-refractivity contribution in [1.29, 1.82) is 0 Å². The minimum atomic E-state index is -0.769. The molecule has 0 aromatic heterocycles. The molecule has 3 amide bonds. The number of urea groups is 1. The highest BCUT2D eigenvalue weighted by Gasteiger charge is 2.28. The summed E-state index contributed by atoms with van der Waals surface area (Å²) in [6.07, 6.45) is 3.35. The minimum Gasteiger partial charge on any atom is -0.494 e. The molecule has 9 nitrogen and oxygen atoms in total. The number of hydrogen-bond donors (Lipinski definition) is 3.